The largest absolute Gasteiger partial charge is 0.493 e. The first-order chi connectivity index (χ1) is 14.0. The van der Waals surface area contributed by atoms with Crippen molar-refractivity contribution >= 4 is 17.3 Å². The number of nitrogens with one attached hydrogen (secondary N) is 2. The number of nitrogens with zero attached hydrogens (tertiary/aromatic N) is 1. The van der Waals surface area contributed by atoms with E-state index in [9.17, 15) is 4.79 Å². The number of methoxy groups -OCH3 is 2. The molecule has 0 radical (unpaired) electrons. The smallest absolute Gasteiger partial charge is 0.274 e. The quantitative estimate of drug-likeness (QED) is 0.617. The van der Waals surface area contributed by atoms with Gasteiger partial charge in [-0.15, -0.1) is 0 Å². The highest BCUT2D eigenvalue weighted by Crippen LogP contribution is 2.28. The van der Waals surface area contributed by atoms with Gasteiger partial charge in [0.15, 0.2) is 11.5 Å². The Morgan fingerprint density at radius 1 is 0.966 bits per heavy atom. The van der Waals surface area contributed by atoms with Gasteiger partial charge in [0.25, 0.3) is 5.91 Å². The molecule has 0 unspecified atom stereocenters. The van der Waals surface area contributed by atoms with E-state index in [1.54, 1.807) is 26.5 Å². The van der Waals surface area contributed by atoms with E-state index in [0.29, 0.717) is 23.7 Å². The summed E-state index contributed by atoms with van der Waals surface area (Å²) >= 11 is 0. The van der Waals surface area contributed by atoms with Crippen LogP contribution in [0.2, 0.25) is 0 Å². The molecule has 0 bridgehead atoms. The van der Waals surface area contributed by atoms with E-state index in [4.69, 9.17) is 9.47 Å². The highest BCUT2D eigenvalue weighted by Gasteiger charge is 2.11. The van der Waals surface area contributed by atoms with Crippen LogP contribution in [-0.2, 0) is 6.54 Å². The summed E-state index contributed by atoms with van der Waals surface area (Å²) in [5, 5.41) is 6.25. The Labute approximate surface area is 170 Å². The lowest BCUT2D eigenvalue weighted by Crippen LogP contribution is -2.15. The maximum Gasteiger partial charge on any atom is 0.274 e. The van der Waals surface area contributed by atoms with Gasteiger partial charge >= 0.3 is 0 Å². The molecule has 150 valence electrons. The average molecular weight is 391 g/mol. The summed E-state index contributed by atoms with van der Waals surface area (Å²) in [6.07, 6.45) is 1.62. The second kappa shape index (κ2) is 9.10. The van der Waals surface area contributed by atoms with E-state index in [1.165, 1.54) is 0 Å². The Balaban J connectivity index is 1.69. The van der Waals surface area contributed by atoms with E-state index < -0.39 is 0 Å². The molecule has 6 heteroatoms. The molecular formula is C23H25N3O3. The van der Waals surface area contributed by atoms with Gasteiger partial charge in [-0.25, -0.2) is 0 Å². The first-order valence-electron chi connectivity index (χ1n) is 9.29. The Bertz CT molecular complexity index is 1020. The molecule has 1 aromatic heterocycles. The maximum absolute atomic E-state index is 12.6. The van der Waals surface area contributed by atoms with E-state index in [0.717, 1.165) is 28.1 Å². The van der Waals surface area contributed by atoms with Crippen molar-refractivity contribution in [3.8, 4) is 11.5 Å². The number of aromatic nitrogens is 1. The summed E-state index contributed by atoms with van der Waals surface area (Å²) < 4.78 is 10.6. The molecule has 3 aromatic rings. The molecule has 1 amide bonds. The van der Waals surface area contributed by atoms with Gasteiger partial charge in [-0.05, 0) is 60.9 Å². The molecule has 3 rings (SSSR count). The van der Waals surface area contributed by atoms with Crippen LogP contribution in [0, 0.1) is 13.8 Å². The van der Waals surface area contributed by atoms with Crippen LogP contribution in [0.3, 0.4) is 0 Å². The number of carbonyl (C=O) groups excluding carboxylic acids is 1. The van der Waals surface area contributed by atoms with Gasteiger partial charge in [0.05, 0.1) is 14.2 Å². The molecule has 0 atom stereocenters. The maximum atomic E-state index is 12.6. The van der Waals surface area contributed by atoms with Gasteiger partial charge in [-0.1, -0.05) is 18.2 Å². The predicted octanol–water partition coefficient (Wildman–Crippen LogP) is 4.58. The van der Waals surface area contributed by atoms with Crippen molar-refractivity contribution < 1.29 is 14.3 Å². The van der Waals surface area contributed by atoms with E-state index in [1.807, 2.05) is 56.3 Å². The van der Waals surface area contributed by atoms with Crippen molar-refractivity contribution in [2.75, 3.05) is 24.9 Å². The normalized spacial score (nSPS) is 10.3. The van der Waals surface area contributed by atoms with Gasteiger partial charge in [-0.3, -0.25) is 9.78 Å². The molecule has 0 aliphatic rings. The van der Waals surface area contributed by atoms with Gasteiger partial charge in [0.1, 0.15) is 5.69 Å². The van der Waals surface area contributed by atoms with Crippen LogP contribution < -0.4 is 20.1 Å². The second-order valence-electron chi connectivity index (χ2n) is 6.75. The van der Waals surface area contributed by atoms with E-state index in [-0.39, 0.29) is 5.91 Å². The number of ether oxygens (including phenoxy) is 2. The van der Waals surface area contributed by atoms with Crippen molar-refractivity contribution in [3.05, 3.63) is 77.1 Å². The molecule has 0 fully saturated rings. The van der Waals surface area contributed by atoms with Crippen molar-refractivity contribution in [1.82, 2.24) is 4.98 Å². The van der Waals surface area contributed by atoms with E-state index >= 15 is 0 Å². The number of amides is 1. The fourth-order valence-corrected chi connectivity index (χ4v) is 2.92. The molecule has 1 heterocycles. The lowest BCUT2D eigenvalue weighted by atomic mass is 10.1. The Morgan fingerprint density at radius 2 is 1.76 bits per heavy atom. The van der Waals surface area contributed by atoms with Crippen molar-refractivity contribution in [2.45, 2.75) is 20.4 Å². The lowest BCUT2D eigenvalue weighted by molar-refractivity contribution is 0.102. The molecule has 0 aliphatic carbocycles. The average Bonchev–Trinajstić information content (AvgIpc) is 2.74. The second-order valence-corrected chi connectivity index (χ2v) is 6.75. The van der Waals surface area contributed by atoms with Crippen LogP contribution >= 0.6 is 0 Å². The predicted molar refractivity (Wildman–Crippen MR) is 115 cm³/mol. The number of hydrogen-bond acceptors (Lipinski definition) is 5. The minimum atomic E-state index is -0.242. The highest BCUT2D eigenvalue weighted by molar-refractivity contribution is 6.03. The zero-order valence-corrected chi connectivity index (χ0v) is 17.1. The van der Waals surface area contributed by atoms with Crippen molar-refractivity contribution in [2.24, 2.45) is 0 Å². The Kier molecular flexibility index (Phi) is 6.34. The van der Waals surface area contributed by atoms with Crippen LogP contribution in [0.15, 0.2) is 54.7 Å². The van der Waals surface area contributed by atoms with Crippen LogP contribution in [-0.4, -0.2) is 25.1 Å². The summed E-state index contributed by atoms with van der Waals surface area (Å²) in [7, 11) is 3.22. The third kappa shape index (κ3) is 5.04. The van der Waals surface area contributed by atoms with Crippen LogP contribution in [0.4, 0.5) is 11.4 Å². The summed E-state index contributed by atoms with van der Waals surface area (Å²) in [5.74, 6) is 1.12. The number of rotatable bonds is 7. The standard InChI is InChI=1S/C23H25N3O3/c1-15-5-6-16(2)19(11-15)26-23(27)20-13-18(9-10-24-20)25-14-17-7-8-21(28-3)22(12-17)29-4/h5-13H,14H2,1-4H3,(H,24,25)(H,26,27). The first-order valence-corrected chi connectivity index (χ1v) is 9.29. The first kappa shape index (κ1) is 20.2. The zero-order valence-electron chi connectivity index (χ0n) is 17.1. The Morgan fingerprint density at radius 3 is 2.52 bits per heavy atom. The molecule has 6 nitrogen and oxygen atoms in total. The van der Waals surface area contributed by atoms with Crippen molar-refractivity contribution in [1.29, 1.82) is 0 Å². The van der Waals surface area contributed by atoms with Gasteiger partial charge in [0, 0.05) is 24.1 Å². The molecule has 0 aliphatic heterocycles. The van der Waals surface area contributed by atoms with Crippen LogP contribution in [0.5, 0.6) is 11.5 Å². The molecule has 0 spiro atoms. The third-order valence-corrected chi connectivity index (χ3v) is 4.58. The number of hydrogen-bond donors (Lipinski definition) is 2. The topological polar surface area (TPSA) is 72.5 Å². The fourth-order valence-electron chi connectivity index (χ4n) is 2.92. The minimum Gasteiger partial charge on any atom is -0.493 e. The van der Waals surface area contributed by atoms with Crippen molar-refractivity contribution in [3.63, 3.8) is 0 Å². The monoisotopic (exact) mass is 391 g/mol. The molecule has 0 saturated carbocycles. The van der Waals surface area contributed by atoms with E-state index in [2.05, 4.69) is 15.6 Å². The highest BCUT2D eigenvalue weighted by atomic mass is 16.5. The number of carbonyl (C=O) groups is 1. The molecule has 29 heavy (non-hydrogen) atoms. The SMILES string of the molecule is COc1ccc(CNc2ccnc(C(=O)Nc3cc(C)ccc3C)c2)cc1OC. The summed E-state index contributed by atoms with van der Waals surface area (Å²) in [6.45, 7) is 4.53. The third-order valence-electron chi connectivity index (χ3n) is 4.58. The number of anilines is 2. The number of aryl methyl sites for hydroxylation is 2. The number of pyridine rings is 1. The molecule has 2 aromatic carbocycles. The minimum absolute atomic E-state index is 0.242. The number of benzene rings is 2. The molecule has 0 saturated heterocycles. The van der Waals surface area contributed by atoms with Gasteiger partial charge in [-0.2, -0.15) is 0 Å². The lowest BCUT2D eigenvalue weighted by Gasteiger charge is -2.12. The van der Waals surface area contributed by atoms with Crippen LogP contribution in [0.25, 0.3) is 0 Å². The summed E-state index contributed by atoms with van der Waals surface area (Å²) in [6, 6.07) is 15.3. The zero-order chi connectivity index (χ0) is 20.8. The molecular weight excluding hydrogens is 366 g/mol. The van der Waals surface area contributed by atoms with Gasteiger partial charge in [0.2, 0.25) is 0 Å². The summed E-state index contributed by atoms with van der Waals surface area (Å²) in [4.78, 5) is 16.8. The molecule has 2 N–H and O–H groups in total. The van der Waals surface area contributed by atoms with Gasteiger partial charge < -0.3 is 20.1 Å². The van der Waals surface area contributed by atoms with Crippen LogP contribution in [0.1, 0.15) is 27.2 Å². The fraction of sp³-hybridized carbons (Fsp3) is 0.217. The summed E-state index contributed by atoms with van der Waals surface area (Å²) in [5.41, 5.74) is 5.07. The Hall–Kier alpha value is -3.54.